The van der Waals surface area contributed by atoms with E-state index in [1.165, 1.54) is 141 Å². The van der Waals surface area contributed by atoms with Crippen LogP contribution in [0.5, 0.6) is 0 Å². The lowest BCUT2D eigenvalue weighted by atomic mass is 9.81. The van der Waals surface area contributed by atoms with Crippen molar-refractivity contribution in [1.29, 1.82) is 0 Å². The largest absolute Gasteiger partial charge is 0.111 e. The van der Waals surface area contributed by atoms with E-state index in [1.54, 1.807) is 0 Å². The van der Waals surface area contributed by atoms with Crippen LogP contribution in [-0.2, 0) is 13.3 Å². The summed E-state index contributed by atoms with van der Waals surface area (Å²) in [4.78, 5) is 0. The van der Waals surface area contributed by atoms with Crippen LogP contribution in [0.3, 0.4) is 0 Å². The fourth-order valence-electron chi connectivity index (χ4n) is 12.0. The molecule has 0 aliphatic heterocycles. The molecule has 0 fully saturated rings. The smallest absolute Gasteiger partial charge is 0.00996 e. The quantitative estimate of drug-likeness (QED) is 0.151. The van der Waals surface area contributed by atoms with Gasteiger partial charge < -0.3 is 0 Å². The molecule has 14 aromatic rings. The molecule has 2 aromatic heterocycles. The van der Waals surface area contributed by atoms with Crippen molar-refractivity contribution in [3.8, 4) is 55.6 Å². The predicted molar refractivity (Wildman–Crippen MR) is 301 cm³/mol. The fraction of sp³-hybridized carbons (Fsp3) is 0.0303. The second-order valence-electron chi connectivity index (χ2n) is 18.4. The molecule has 68 heavy (non-hydrogen) atoms. The summed E-state index contributed by atoms with van der Waals surface area (Å²) >= 11 is 0. The maximum absolute atomic E-state index is 2.57. The molecule has 0 aliphatic rings. The topological polar surface area (TPSA) is 0 Å². The van der Waals surface area contributed by atoms with E-state index >= 15 is 0 Å². The molecule has 2 heterocycles. The Morgan fingerprint density at radius 3 is 0.912 bits per heavy atom. The van der Waals surface area contributed by atoms with Gasteiger partial charge in [0.15, 0.2) is 0 Å². The monoisotopic (exact) mass is 898 g/mol. The molecule has 0 N–H and O–H groups in total. The molecule has 14 rings (SSSR count). The fourth-order valence-corrected chi connectivity index (χ4v) is 16.4. The van der Waals surface area contributed by atoms with Gasteiger partial charge >= 0.3 is 0 Å². The summed E-state index contributed by atoms with van der Waals surface area (Å²) in [7, 11) is -1.11. The molecule has 0 bridgehead atoms. The second-order valence-corrected chi connectivity index (χ2v) is 22.5. The van der Waals surface area contributed by atoms with Crippen molar-refractivity contribution in [3.63, 3.8) is 0 Å². The number of hydrogen-bond acceptors (Lipinski definition) is 0. The van der Waals surface area contributed by atoms with Gasteiger partial charge in [0.1, 0.15) is 0 Å². The minimum atomic E-state index is -0.553. The van der Waals surface area contributed by atoms with Crippen molar-refractivity contribution in [1.82, 2.24) is 0 Å². The van der Waals surface area contributed by atoms with E-state index < -0.39 is 15.1 Å². The van der Waals surface area contributed by atoms with E-state index in [0.29, 0.717) is 0 Å². The molecule has 0 saturated carbocycles. The third-order valence-corrected chi connectivity index (χ3v) is 19.5. The number of fused-ring (bicyclic) bond motifs is 10. The van der Waals surface area contributed by atoms with E-state index in [0.717, 1.165) is 0 Å². The van der Waals surface area contributed by atoms with Gasteiger partial charge in [-0.1, -0.05) is 218 Å². The maximum Gasteiger partial charge on any atom is 0.00996 e. The third kappa shape index (κ3) is 5.76. The zero-order valence-electron chi connectivity index (χ0n) is 37.8. The van der Waals surface area contributed by atoms with Crippen molar-refractivity contribution in [2.24, 2.45) is 13.3 Å². The highest BCUT2D eigenvalue weighted by molar-refractivity contribution is 7.60. The number of benzene rings is 12. The Hall–Kier alpha value is -7.72. The first-order chi connectivity index (χ1) is 33.6. The highest BCUT2D eigenvalue weighted by atomic mass is 31.1. The van der Waals surface area contributed by atoms with Gasteiger partial charge in [-0.15, -0.1) is 15.1 Å². The predicted octanol–water partition coefficient (Wildman–Crippen LogP) is 20.3. The SMILES string of the molecule is Cp1c2ccccc2c2cccc(-c3cccc4c(-c5c6cccc(-c7ccccc7)c6cc6c(-c7ccccc7)cccc56)c5cccc(-c6cccc7c8ccccc8p(C)c67)c5cc34)c21. The van der Waals surface area contributed by atoms with E-state index in [9.17, 15) is 0 Å². The van der Waals surface area contributed by atoms with E-state index in [1.807, 2.05) is 0 Å². The van der Waals surface area contributed by atoms with Gasteiger partial charge in [-0.3, -0.25) is 0 Å². The van der Waals surface area contributed by atoms with Gasteiger partial charge in [-0.25, -0.2) is 0 Å². The Bertz CT molecular complexity index is 4100. The molecule has 0 nitrogen and oxygen atoms in total. The van der Waals surface area contributed by atoms with Crippen LogP contribution in [0.15, 0.2) is 231 Å². The highest BCUT2D eigenvalue weighted by Gasteiger charge is 2.24. The van der Waals surface area contributed by atoms with Crippen LogP contribution in [0.4, 0.5) is 0 Å². The Kier molecular flexibility index (Phi) is 8.94. The van der Waals surface area contributed by atoms with Gasteiger partial charge in [0, 0.05) is 20.5 Å². The Morgan fingerprint density at radius 2 is 0.515 bits per heavy atom. The molecule has 2 atom stereocenters. The summed E-state index contributed by atoms with van der Waals surface area (Å²) in [6, 6.07) is 87.3. The molecule has 0 spiro atoms. The van der Waals surface area contributed by atoms with Crippen LogP contribution in [0.2, 0.25) is 0 Å². The highest BCUT2D eigenvalue weighted by Crippen LogP contribution is 2.55. The normalized spacial score (nSPS) is 12.5. The molecule has 12 aromatic carbocycles. The molecular formula is C66H44P2. The Labute approximate surface area is 397 Å². The number of hydrogen-bond donors (Lipinski definition) is 0. The molecule has 2 unspecified atom stereocenters. The summed E-state index contributed by atoms with van der Waals surface area (Å²) in [5, 5.41) is 21.6. The van der Waals surface area contributed by atoms with Gasteiger partial charge in [-0.2, -0.15) is 0 Å². The van der Waals surface area contributed by atoms with Crippen molar-refractivity contribution < 1.29 is 0 Å². The first-order valence-corrected chi connectivity index (χ1v) is 27.2. The summed E-state index contributed by atoms with van der Waals surface area (Å²) < 4.78 is 0. The minimum absolute atomic E-state index is 0.553. The van der Waals surface area contributed by atoms with Crippen LogP contribution in [-0.4, -0.2) is 0 Å². The van der Waals surface area contributed by atoms with Crippen molar-refractivity contribution >= 4 is 100 Å². The van der Waals surface area contributed by atoms with Gasteiger partial charge in [0.25, 0.3) is 0 Å². The van der Waals surface area contributed by atoms with Crippen molar-refractivity contribution in [2.45, 2.75) is 0 Å². The van der Waals surface area contributed by atoms with Crippen LogP contribution < -0.4 is 0 Å². The lowest BCUT2D eigenvalue weighted by Gasteiger charge is -2.22. The molecule has 0 aliphatic carbocycles. The second kappa shape index (κ2) is 15.4. The third-order valence-electron chi connectivity index (χ3n) is 14.9. The van der Waals surface area contributed by atoms with Crippen molar-refractivity contribution in [3.05, 3.63) is 231 Å². The van der Waals surface area contributed by atoms with Crippen LogP contribution in [0.25, 0.3) is 141 Å². The van der Waals surface area contributed by atoms with E-state index in [2.05, 4.69) is 244 Å². The van der Waals surface area contributed by atoms with E-state index in [4.69, 9.17) is 0 Å². The molecular weight excluding hydrogens is 855 g/mol. The average Bonchev–Trinajstić information content (AvgIpc) is 3.87. The summed E-state index contributed by atoms with van der Waals surface area (Å²) in [6.07, 6.45) is 0. The lowest BCUT2D eigenvalue weighted by Crippen LogP contribution is -1.94. The molecule has 2 heteroatoms. The molecule has 0 saturated heterocycles. The first kappa shape index (κ1) is 39.4. The molecule has 0 amide bonds. The van der Waals surface area contributed by atoms with Gasteiger partial charge in [-0.05, 0) is 146 Å². The Morgan fingerprint density at radius 1 is 0.221 bits per heavy atom. The number of rotatable bonds is 5. The van der Waals surface area contributed by atoms with Crippen LogP contribution >= 0.6 is 15.1 Å². The molecule has 318 valence electrons. The lowest BCUT2D eigenvalue weighted by molar-refractivity contribution is 1.64. The standard InChI is InChI=1S/C66H44P2/c1-67-61-37-11-9-23-47(61)55-35-17-33-53(65(55)67)45-27-15-31-51-59(45)40-60-46(54-34-18-36-56-48-24-10-12-38-62(48)68(2)66(54)56)28-16-32-52(60)64(51)63-49-29-13-25-43(41-19-5-3-6-20-41)57(49)39-58-44(26-14-30-50(58)63)42-21-7-4-8-22-42/h3-40H,1-2H3. The maximum atomic E-state index is 2.57. The van der Waals surface area contributed by atoms with Gasteiger partial charge in [0.2, 0.25) is 0 Å². The first-order valence-electron chi connectivity index (χ1n) is 23.6. The zero-order valence-corrected chi connectivity index (χ0v) is 39.6. The summed E-state index contributed by atoms with van der Waals surface area (Å²) in [6.45, 7) is 4.92. The van der Waals surface area contributed by atoms with E-state index in [-0.39, 0.29) is 0 Å². The minimum Gasteiger partial charge on any atom is -0.111 e. The average molecular weight is 899 g/mol. The zero-order chi connectivity index (χ0) is 45.0. The van der Waals surface area contributed by atoms with Crippen molar-refractivity contribution in [2.75, 3.05) is 0 Å². The summed E-state index contributed by atoms with van der Waals surface area (Å²) in [5.74, 6) is 0. The molecule has 0 radical (unpaired) electrons. The van der Waals surface area contributed by atoms with Crippen LogP contribution in [0, 0.1) is 0 Å². The number of aryl methyl sites for hydroxylation is 2. The van der Waals surface area contributed by atoms with Crippen LogP contribution in [0.1, 0.15) is 0 Å². The Balaban J connectivity index is 1.19. The van der Waals surface area contributed by atoms with Gasteiger partial charge in [0.05, 0.1) is 0 Å². The summed E-state index contributed by atoms with van der Waals surface area (Å²) in [5.41, 5.74) is 12.8.